The maximum absolute atomic E-state index is 10.5. The van der Waals surface area contributed by atoms with Gasteiger partial charge in [-0.15, -0.1) is 11.3 Å². The molecule has 0 amide bonds. The Morgan fingerprint density at radius 2 is 2.15 bits per heavy atom. The van der Waals surface area contributed by atoms with Gasteiger partial charge in [0, 0.05) is 11.6 Å². The van der Waals surface area contributed by atoms with Gasteiger partial charge in [-0.05, 0) is 42.8 Å². The molecule has 4 rings (SSSR count). The fraction of sp³-hybridized carbons (Fsp3) is 0.286. The molecule has 6 heteroatoms. The maximum Gasteiger partial charge on any atom is 0.227 e. The van der Waals surface area contributed by atoms with Crippen molar-refractivity contribution in [1.29, 1.82) is 0 Å². The van der Waals surface area contributed by atoms with Crippen LogP contribution in [0.1, 0.15) is 30.0 Å². The SMILES string of the molecule is CC(C)NCCc1ccc2c(c1)OC(O)C(c1nc3c(Cl)cccc3s1)=C2. The van der Waals surface area contributed by atoms with Crippen molar-refractivity contribution in [3.63, 3.8) is 0 Å². The molecule has 0 radical (unpaired) electrons. The third-order valence-corrected chi connectivity index (χ3v) is 5.85. The zero-order chi connectivity index (χ0) is 19.0. The quantitative estimate of drug-likeness (QED) is 0.649. The van der Waals surface area contributed by atoms with Crippen LogP contribution in [0.15, 0.2) is 36.4 Å². The minimum Gasteiger partial charge on any atom is -0.460 e. The van der Waals surface area contributed by atoms with E-state index in [4.69, 9.17) is 16.3 Å². The van der Waals surface area contributed by atoms with Crippen LogP contribution < -0.4 is 10.1 Å². The Balaban J connectivity index is 1.62. The van der Waals surface area contributed by atoms with Crippen LogP contribution >= 0.6 is 22.9 Å². The average molecular weight is 401 g/mol. The minimum absolute atomic E-state index is 0.466. The molecule has 0 saturated carbocycles. The first kappa shape index (κ1) is 18.4. The van der Waals surface area contributed by atoms with Crippen molar-refractivity contribution >= 4 is 44.8 Å². The van der Waals surface area contributed by atoms with Gasteiger partial charge in [-0.3, -0.25) is 0 Å². The number of ether oxygens (including phenoxy) is 1. The Hall–Kier alpha value is -1.92. The number of hydrogen-bond donors (Lipinski definition) is 2. The highest BCUT2D eigenvalue weighted by atomic mass is 35.5. The number of thiazole rings is 1. The normalized spacial score (nSPS) is 16.3. The Bertz CT molecular complexity index is 1010. The molecule has 0 aliphatic carbocycles. The molecule has 0 bridgehead atoms. The van der Waals surface area contributed by atoms with Crippen molar-refractivity contribution < 1.29 is 9.84 Å². The molecule has 0 saturated heterocycles. The van der Waals surface area contributed by atoms with Gasteiger partial charge in [0.05, 0.1) is 15.3 Å². The Morgan fingerprint density at radius 1 is 1.30 bits per heavy atom. The lowest BCUT2D eigenvalue weighted by atomic mass is 10.0. The first-order valence-electron chi connectivity index (χ1n) is 8.99. The number of halogens is 1. The van der Waals surface area contributed by atoms with Crippen molar-refractivity contribution in [2.24, 2.45) is 0 Å². The van der Waals surface area contributed by atoms with E-state index in [2.05, 4.69) is 30.2 Å². The molecule has 140 valence electrons. The number of aliphatic hydroxyl groups excluding tert-OH is 1. The maximum atomic E-state index is 10.5. The summed E-state index contributed by atoms with van der Waals surface area (Å²) in [4.78, 5) is 4.60. The second kappa shape index (κ2) is 7.60. The number of hydrogen-bond acceptors (Lipinski definition) is 5. The fourth-order valence-electron chi connectivity index (χ4n) is 3.09. The number of nitrogens with zero attached hydrogens (tertiary/aromatic N) is 1. The number of rotatable bonds is 5. The summed E-state index contributed by atoms with van der Waals surface area (Å²) < 4.78 is 6.78. The number of benzene rings is 2. The monoisotopic (exact) mass is 400 g/mol. The molecule has 0 spiro atoms. The van der Waals surface area contributed by atoms with Gasteiger partial charge in [0.1, 0.15) is 16.3 Å². The molecular weight excluding hydrogens is 380 g/mol. The number of fused-ring (bicyclic) bond motifs is 2. The number of nitrogens with one attached hydrogen (secondary N) is 1. The molecule has 2 heterocycles. The third-order valence-electron chi connectivity index (χ3n) is 4.48. The molecule has 0 fully saturated rings. The van der Waals surface area contributed by atoms with Crippen LogP contribution in [-0.2, 0) is 6.42 Å². The van der Waals surface area contributed by atoms with E-state index in [9.17, 15) is 5.11 Å². The molecule has 2 aromatic carbocycles. The molecule has 1 aromatic heterocycles. The van der Waals surface area contributed by atoms with Crippen molar-refractivity contribution in [3.8, 4) is 5.75 Å². The van der Waals surface area contributed by atoms with E-state index in [1.165, 1.54) is 16.9 Å². The van der Waals surface area contributed by atoms with E-state index in [0.717, 1.165) is 33.8 Å². The van der Waals surface area contributed by atoms with Crippen molar-refractivity contribution in [2.45, 2.75) is 32.6 Å². The Kier molecular flexibility index (Phi) is 5.19. The second-order valence-corrected chi connectivity index (χ2v) is 8.34. The van der Waals surface area contributed by atoms with Crippen LogP contribution in [0.25, 0.3) is 21.9 Å². The fourth-order valence-corrected chi connectivity index (χ4v) is 4.38. The second-order valence-electron chi connectivity index (χ2n) is 6.91. The van der Waals surface area contributed by atoms with Gasteiger partial charge in [0.15, 0.2) is 0 Å². The van der Waals surface area contributed by atoms with E-state index in [1.54, 1.807) is 0 Å². The molecule has 1 unspecified atom stereocenters. The zero-order valence-electron chi connectivity index (χ0n) is 15.2. The standard InChI is InChI=1S/C21H21ClN2O2S/c1-12(2)23-9-8-13-6-7-14-11-15(21(25)26-17(14)10-13)20-24-19-16(22)4-3-5-18(19)27-20/h3-7,10-12,21,23,25H,8-9H2,1-2H3. The minimum atomic E-state index is -1.04. The molecule has 1 aliphatic rings. The van der Waals surface area contributed by atoms with E-state index >= 15 is 0 Å². The van der Waals surface area contributed by atoms with Gasteiger partial charge in [-0.1, -0.05) is 43.6 Å². The van der Waals surface area contributed by atoms with Crippen LogP contribution in [0.4, 0.5) is 0 Å². The molecule has 27 heavy (non-hydrogen) atoms. The average Bonchev–Trinajstić information content (AvgIpc) is 3.06. The van der Waals surface area contributed by atoms with Crippen molar-refractivity contribution in [2.75, 3.05) is 6.54 Å². The van der Waals surface area contributed by atoms with Crippen LogP contribution in [-0.4, -0.2) is 29.0 Å². The van der Waals surface area contributed by atoms with Gasteiger partial charge in [0.2, 0.25) is 6.29 Å². The third kappa shape index (κ3) is 3.87. The van der Waals surface area contributed by atoms with Crippen LogP contribution in [0, 0.1) is 0 Å². The predicted octanol–water partition coefficient (Wildman–Crippen LogP) is 4.74. The van der Waals surface area contributed by atoms with Crippen molar-refractivity contribution in [1.82, 2.24) is 10.3 Å². The predicted molar refractivity (Wildman–Crippen MR) is 112 cm³/mol. The summed E-state index contributed by atoms with van der Waals surface area (Å²) >= 11 is 7.73. The summed E-state index contributed by atoms with van der Waals surface area (Å²) in [6, 6.07) is 12.3. The number of para-hydroxylation sites is 1. The van der Waals surface area contributed by atoms with E-state index in [1.807, 2.05) is 36.4 Å². The van der Waals surface area contributed by atoms with E-state index in [-0.39, 0.29) is 0 Å². The van der Waals surface area contributed by atoms with Gasteiger partial charge in [0.25, 0.3) is 0 Å². The number of aliphatic hydroxyl groups is 1. The van der Waals surface area contributed by atoms with Crippen LogP contribution in [0.3, 0.4) is 0 Å². The first-order chi connectivity index (χ1) is 13.0. The smallest absolute Gasteiger partial charge is 0.227 e. The van der Waals surface area contributed by atoms with E-state index < -0.39 is 6.29 Å². The molecule has 1 atom stereocenters. The summed E-state index contributed by atoms with van der Waals surface area (Å²) in [5.74, 6) is 0.701. The molecule has 4 nitrogen and oxygen atoms in total. The summed E-state index contributed by atoms with van der Waals surface area (Å²) in [5, 5.41) is 15.3. The van der Waals surface area contributed by atoms with Gasteiger partial charge in [-0.25, -0.2) is 4.98 Å². The van der Waals surface area contributed by atoms with Gasteiger partial charge < -0.3 is 15.2 Å². The van der Waals surface area contributed by atoms with E-state index in [0.29, 0.717) is 22.4 Å². The molecule has 3 aromatic rings. The highest BCUT2D eigenvalue weighted by molar-refractivity contribution is 7.19. The highest BCUT2D eigenvalue weighted by Gasteiger charge is 2.25. The topological polar surface area (TPSA) is 54.4 Å². The lowest BCUT2D eigenvalue weighted by Crippen LogP contribution is -2.25. The molecule has 2 N–H and O–H groups in total. The first-order valence-corrected chi connectivity index (χ1v) is 10.2. The van der Waals surface area contributed by atoms with Crippen molar-refractivity contribution in [3.05, 3.63) is 57.6 Å². The summed E-state index contributed by atoms with van der Waals surface area (Å²) in [5.41, 5.74) is 3.54. The lowest BCUT2D eigenvalue weighted by Gasteiger charge is -2.22. The number of aromatic nitrogens is 1. The largest absolute Gasteiger partial charge is 0.460 e. The lowest BCUT2D eigenvalue weighted by molar-refractivity contribution is 0.0319. The van der Waals surface area contributed by atoms with Gasteiger partial charge >= 0.3 is 0 Å². The Morgan fingerprint density at radius 3 is 2.93 bits per heavy atom. The van der Waals surface area contributed by atoms with Crippen LogP contribution in [0.2, 0.25) is 5.02 Å². The molecular formula is C21H21ClN2O2S. The summed E-state index contributed by atoms with van der Waals surface area (Å²) in [6.07, 6.45) is 1.82. The zero-order valence-corrected chi connectivity index (χ0v) is 16.8. The molecule has 1 aliphatic heterocycles. The summed E-state index contributed by atoms with van der Waals surface area (Å²) in [6.45, 7) is 5.17. The Labute approximate surface area is 167 Å². The van der Waals surface area contributed by atoms with Gasteiger partial charge in [-0.2, -0.15) is 0 Å². The van der Waals surface area contributed by atoms with Crippen LogP contribution in [0.5, 0.6) is 5.75 Å². The highest BCUT2D eigenvalue weighted by Crippen LogP contribution is 2.38. The summed E-state index contributed by atoms with van der Waals surface area (Å²) in [7, 11) is 0.